The Labute approximate surface area is 254 Å². The predicted molar refractivity (Wildman–Crippen MR) is 165 cm³/mol. The molecular weight excluding hydrogens is 550 g/mol. The van der Waals surface area contributed by atoms with Crippen LogP contribution in [0.3, 0.4) is 0 Å². The van der Waals surface area contributed by atoms with Crippen molar-refractivity contribution in [2.75, 3.05) is 6.54 Å². The number of carbonyl (C=O) groups is 5. The van der Waals surface area contributed by atoms with Gasteiger partial charge in [0.25, 0.3) is 0 Å². The van der Waals surface area contributed by atoms with E-state index >= 15 is 0 Å². The van der Waals surface area contributed by atoms with Crippen LogP contribution in [0.4, 0.5) is 4.79 Å². The second-order valence-corrected chi connectivity index (χ2v) is 12.5. The van der Waals surface area contributed by atoms with E-state index in [1.807, 2.05) is 30.3 Å². The van der Waals surface area contributed by atoms with E-state index in [4.69, 9.17) is 4.74 Å². The topological polar surface area (TPSA) is 146 Å². The molecule has 2 rings (SSSR count). The first kappa shape index (κ1) is 35.0. The third kappa shape index (κ3) is 10.3. The molecule has 1 aliphatic heterocycles. The maximum atomic E-state index is 13.4. The number of rotatable bonds is 13. The SMILES string of the molecule is C=CC[C@H](NC(=O)OC(C)(C)C)C(=O)N1CCC[C@H]1C(=O)NC(C)(C)C(=O)N[C@@](C)(CC=C)C(=O)NCc1ccccc1. The average Bonchev–Trinajstić information content (AvgIpc) is 3.41. The van der Waals surface area contributed by atoms with Gasteiger partial charge in [0.2, 0.25) is 23.6 Å². The van der Waals surface area contributed by atoms with Crippen molar-refractivity contribution in [1.29, 1.82) is 0 Å². The molecule has 4 N–H and O–H groups in total. The van der Waals surface area contributed by atoms with Gasteiger partial charge in [-0.2, -0.15) is 0 Å². The Bertz CT molecular complexity index is 1190. The average molecular weight is 598 g/mol. The van der Waals surface area contributed by atoms with E-state index in [1.54, 1.807) is 33.8 Å². The Morgan fingerprint density at radius 3 is 2.21 bits per heavy atom. The molecule has 0 aromatic heterocycles. The lowest BCUT2D eigenvalue weighted by Crippen LogP contribution is -2.65. The minimum atomic E-state index is -1.42. The fourth-order valence-electron chi connectivity index (χ4n) is 4.66. The lowest BCUT2D eigenvalue weighted by molar-refractivity contribution is -0.142. The highest BCUT2D eigenvalue weighted by atomic mass is 16.6. The summed E-state index contributed by atoms with van der Waals surface area (Å²) < 4.78 is 5.29. The molecule has 5 amide bonds. The first-order chi connectivity index (χ1) is 20.0. The van der Waals surface area contributed by atoms with Crippen LogP contribution in [0.25, 0.3) is 0 Å². The van der Waals surface area contributed by atoms with Gasteiger partial charge < -0.3 is 30.9 Å². The van der Waals surface area contributed by atoms with Crippen molar-refractivity contribution in [2.24, 2.45) is 0 Å². The maximum Gasteiger partial charge on any atom is 0.408 e. The Kier molecular flexibility index (Phi) is 12.1. The van der Waals surface area contributed by atoms with Crippen molar-refractivity contribution >= 4 is 29.7 Å². The number of alkyl carbamates (subject to hydrolysis) is 1. The zero-order valence-corrected chi connectivity index (χ0v) is 26.2. The fraction of sp³-hybridized carbons (Fsp3) is 0.531. The molecule has 3 atom stereocenters. The standard InChI is InChI=1S/C32H47N5O6/c1-9-15-23(34-29(42)43-30(3,4)5)26(39)37-20-14-18-24(37)25(38)35-31(6,7)27(40)36-32(8,19-10-2)28(41)33-21-22-16-12-11-13-17-22/h9-13,16-17,23-24H,1-2,14-15,18-21H2,3-8H3,(H,33,41)(H,34,42)(H,35,38)(H,36,40)/t23-,24-,32-/m0/s1. The van der Waals surface area contributed by atoms with Gasteiger partial charge in [0.1, 0.15) is 28.8 Å². The number of carbonyl (C=O) groups excluding carboxylic acids is 5. The van der Waals surface area contributed by atoms with Crippen LogP contribution in [-0.4, -0.2) is 69.9 Å². The molecule has 11 heteroatoms. The Morgan fingerprint density at radius 1 is 0.977 bits per heavy atom. The van der Waals surface area contributed by atoms with Gasteiger partial charge in [-0.15, -0.1) is 13.2 Å². The fourth-order valence-corrected chi connectivity index (χ4v) is 4.66. The summed E-state index contributed by atoms with van der Waals surface area (Å²) in [4.78, 5) is 67.3. The molecule has 43 heavy (non-hydrogen) atoms. The summed E-state index contributed by atoms with van der Waals surface area (Å²) in [7, 11) is 0. The summed E-state index contributed by atoms with van der Waals surface area (Å²) in [6.45, 7) is 17.8. The van der Waals surface area contributed by atoms with Gasteiger partial charge in [-0.1, -0.05) is 42.5 Å². The highest BCUT2D eigenvalue weighted by molar-refractivity contribution is 5.98. The summed E-state index contributed by atoms with van der Waals surface area (Å²) >= 11 is 0. The van der Waals surface area contributed by atoms with Crippen LogP contribution in [0.2, 0.25) is 0 Å². The van der Waals surface area contributed by atoms with Gasteiger partial charge in [-0.05, 0) is 72.8 Å². The first-order valence-corrected chi connectivity index (χ1v) is 14.5. The molecule has 1 aromatic carbocycles. The minimum absolute atomic E-state index is 0.144. The van der Waals surface area contributed by atoms with E-state index in [2.05, 4.69) is 34.4 Å². The summed E-state index contributed by atoms with van der Waals surface area (Å²) in [5.74, 6) is -1.93. The van der Waals surface area contributed by atoms with E-state index < -0.39 is 58.5 Å². The zero-order valence-electron chi connectivity index (χ0n) is 26.2. The van der Waals surface area contributed by atoms with Gasteiger partial charge in [0.15, 0.2) is 0 Å². The van der Waals surface area contributed by atoms with Crippen molar-refractivity contribution in [3.63, 3.8) is 0 Å². The number of benzene rings is 1. The lowest BCUT2D eigenvalue weighted by Gasteiger charge is -2.35. The van der Waals surface area contributed by atoms with Crippen molar-refractivity contribution in [3.8, 4) is 0 Å². The highest BCUT2D eigenvalue weighted by Crippen LogP contribution is 2.21. The lowest BCUT2D eigenvalue weighted by atomic mass is 9.93. The Balaban J connectivity index is 2.10. The summed E-state index contributed by atoms with van der Waals surface area (Å²) in [5, 5.41) is 11.0. The smallest absolute Gasteiger partial charge is 0.408 e. The summed E-state index contributed by atoms with van der Waals surface area (Å²) in [6.07, 6.45) is 3.56. The molecule has 1 aromatic rings. The van der Waals surface area contributed by atoms with Crippen molar-refractivity contribution < 1.29 is 28.7 Å². The quantitative estimate of drug-likeness (QED) is 0.257. The molecule has 0 saturated carbocycles. The number of nitrogens with zero attached hydrogens (tertiary/aromatic N) is 1. The minimum Gasteiger partial charge on any atom is -0.444 e. The monoisotopic (exact) mass is 597 g/mol. The van der Waals surface area contributed by atoms with Crippen LogP contribution in [0, 0.1) is 0 Å². The molecule has 1 saturated heterocycles. The molecule has 0 bridgehead atoms. The van der Waals surface area contributed by atoms with E-state index in [-0.39, 0.29) is 19.4 Å². The molecule has 1 heterocycles. The highest BCUT2D eigenvalue weighted by Gasteiger charge is 2.43. The zero-order chi connectivity index (χ0) is 32.4. The third-order valence-corrected chi connectivity index (χ3v) is 6.97. The van der Waals surface area contributed by atoms with Gasteiger partial charge in [-0.25, -0.2) is 4.79 Å². The number of likely N-dealkylation sites (tertiary alicyclic amines) is 1. The van der Waals surface area contributed by atoms with Crippen LogP contribution >= 0.6 is 0 Å². The van der Waals surface area contributed by atoms with Crippen molar-refractivity contribution in [3.05, 3.63) is 61.2 Å². The van der Waals surface area contributed by atoms with Crippen LogP contribution in [0.1, 0.15) is 72.8 Å². The molecule has 1 aliphatic rings. The first-order valence-electron chi connectivity index (χ1n) is 14.5. The molecular formula is C32H47N5O6. The predicted octanol–water partition coefficient (Wildman–Crippen LogP) is 3.11. The number of ether oxygens (including phenoxy) is 1. The number of amides is 5. The maximum absolute atomic E-state index is 13.4. The van der Waals surface area contributed by atoms with Gasteiger partial charge in [0.05, 0.1) is 0 Å². The van der Waals surface area contributed by atoms with Crippen LogP contribution in [0.5, 0.6) is 0 Å². The Hall–Kier alpha value is -4.15. The molecule has 0 aliphatic carbocycles. The van der Waals surface area contributed by atoms with E-state index in [9.17, 15) is 24.0 Å². The Morgan fingerprint density at radius 2 is 1.63 bits per heavy atom. The normalized spacial score (nSPS) is 17.1. The second-order valence-electron chi connectivity index (χ2n) is 12.5. The number of hydrogen-bond donors (Lipinski definition) is 4. The van der Waals surface area contributed by atoms with Crippen LogP contribution < -0.4 is 21.3 Å². The third-order valence-electron chi connectivity index (χ3n) is 6.97. The number of hydrogen-bond acceptors (Lipinski definition) is 6. The molecule has 1 fully saturated rings. The van der Waals surface area contributed by atoms with E-state index in [0.29, 0.717) is 19.4 Å². The molecule has 0 spiro atoms. The summed E-state index contributed by atoms with van der Waals surface area (Å²) in [5.41, 5.74) is -2.59. The van der Waals surface area contributed by atoms with E-state index in [0.717, 1.165) is 5.56 Å². The molecule has 0 unspecified atom stereocenters. The molecule has 11 nitrogen and oxygen atoms in total. The summed E-state index contributed by atoms with van der Waals surface area (Å²) in [6, 6.07) is 7.57. The molecule has 236 valence electrons. The number of nitrogens with one attached hydrogen (secondary N) is 4. The van der Waals surface area contributed by atoms with Crippen molar-refractivity contribution in [1.82, 2.24) is 26.2 Å². The van der Waals surface area contributed by atoms with Gasteiger partial charge >= 0.3 is 6.09 Å². The molecule has 0 radical (unpaired) electrons. The van der Waals surface area contributed by atoms with Gasteiger partial charge in [-0.3, -0.25) is 19.2 Å². The van der Waals surface area contributed by atoms with Gasteiger partial charge in [0, 0.05) is 13.1 Å². The second kappa shape index (κ2) is 14.8. The van der Waals surface area contributed by atoms with Crippen LogP contribution in [-0.2, 0) is 30.5 Å². The largest absolute Gasteiger partial charge is 0.444 e. The van der Waals surface area contributed by atoms with Crippen LogP contribution in [0.15, 0.2) is 55.6 Å². The van der Waals surface area contributed by atoms with E-state index in [1.165, 1.54) is 24.8 Å². The van der Waals surface area contributed by atoms with Crippen molar-refractivity contribution in [2.45, 2.75) is 103 Å².